The van der Waals surface area contributed by atoms with Crippen LogP contribution in [-0.2, 0) is 0 Å². The molecule has 1 aromatic carbocycles. The maximum Gasteiger partial charge on any atom is 0.162 e. The van der Waals surface area contributed by atoms with Crippen LogP contribution in [0.5, 0.6) is 11.5 Å². The predicted octanol–water partition coefficient (Wildman–Crippen LogP) is 1.78. The van der Waals surface area contributed by atoms with Crippen molar-refractivity contribution in [2.24, 2.45) is 0 Å². The molecule has 0 saturated carbocycles. The van der Waals surface area contributed by atoms with Crippen molar-refractivity contribution in [2.75, 3.05) is 24.9 Å². The summed E-state index contributed by atoms with van der Waals surface area (Å²) in [6, 6.07) is 4.53. The van der Waals surface area contributed by atoms with Crippen molar-refractivity contribution in [1.29, 1.82) is 0 Å². The van der Waals surface area contributed by atoms with Crippen LogP contribution in [0.2, 0.25) is 0 Å². The summed E-state index contributed by atoms with van der Waals surface area (Å²) < 4.78 is 10.7. The molecule has 5 nitrogen and oxygen atoms in total. The Kier molecular flexibility index (Phi) is 3.38. The molecule has 0 aromatic heterocycles. The topological polar surface area (TPSA) is 68.0 Å². The van der Waals surface area contributed by atoms with Crippen LogP contribution in [0.3, 0.4) is 0 Å². The van der Waals surface area contributed by atoms with Crippen molar-refractivity contribution in [1.82, 2.24) is 0 Å². The summed E-state index contributed by atoms with van der Waals surface area (Å²) in [5.74, 6) is 1.35. The number of hydrogen-bond donors (Lipinski definition) is 2. The zero-order valence-corrected chi connectivity index (χ0v) is 12.0. The standard InChI is InChI=1S/C15H22N2O3/c1-19-14-7-12(16)13(8-15(14)20-2)17-9-3-4-10(17)6-11(18)5-9/h7-11,18H,3-6,16H2,1-2H3. The highest BCUT2D eigenvalue weighted by molar-refractivity contribution is 5.74. The molecule has 1 aromatic rings. The minimum absolute atomic E-state index is 0.176. The van der Waals surface area contributed by atoms with Gasteiger partial charge < -0.3 is 25.2 Å². The molecule has 2 fully saturated rings. The highest BCUT2D eigenvalue weighted by atomic mass is 16.5. The first kappa shape index (κ1) is 13.4. The van der Waals surface area contributed by atoms with Gasteiger partial charge in [-0.25, -0.2) is 0 Å². The highest BCUT2D eigenvalue weighted by Gasteiger charge is 2.41. The fourth-order valence-corrected chi connectivity index (χ4v) is 3.65. The van der Waals surface area contributed by atoms with Gasteiger partial charge in [0.2, 0.25) is 0 Å². The van der Waals surface area contributed by atoms with Gasteiger partial charge in [0.15, 0.2) is 11.5 Å². The SMILES string of the molecule is COc1cc(N)c(N2C3CCC2CC(O)C3)cc1OC. The van der Waals surface area contributed by atoms with Gasteiger partial charge in [0.1, 0.15) is 0 Å². The first-order valence-corrected chi connectivity index (χ1v) is 7.12. The molecule has 3 rings (SSSR count). The van der Waals surface area contributed by atoms with E-state index in [9.17, 15) is 5.11 Å². The summed E-state index contributed by atoms with van der Waals surface area (Å²) in [7, 11) is 3.24. The van der Waals surface area contributed by atoms with E-state index in [-0.39, 0.29) is 6.10 Å². The molecule has 0 spiro atoms. The molecule has 3 N–H and O–H groups in total. The molecule has 2 aliphatic heterocycles. The average Bonchev–Trinajstić information content (AvgIpc) is 2.70. The number of fused-ring (bicyclic) bond motifs is 2. The number of anilines is 2. The van der Waals surface area contributed by atoms with E-state index in [1.165, 1.54) is 0 Å². The Hall–Kier alpha value is -1.62. The Balaban J connectivity index is 1.98. The summed E-state index contributed by atoms with van der Waals surface area (Å²) >= 11 is 0. The van der Waals surface area contributed by atoms with E-state index < -0.39 is 0 Å². The van der Waals surface area contributed by atoms with Crippen molar-refractivity contribution in [3.63, 3.8) is 0 Å². The molecule has 5 heteroatoms. The van der Waals surface area contributed by atoms with Crippen LogP contribution in [0.1, 0.15) is 25.7 Å². The molecule has 0 amide bonds. The van der Waals surface area contributed by atoms with Crippen LogP contribution in [0, 0.1) is 0 Å². The minimum atomic E-state index is -0.176. The van der Waals surface area contributed by atoms with E-state index in [0.717, 1.165) is 31.4 Å². The van der Waals surface area contributed by atoms with Crippen molar-refractivity contribution in [3.05, 3.63) is 12.1 Å². The Bertz CT molecular complexity index is 492. The van der Waals surface area contributed by atoms with Gasteiger partial charge in [-0.2, -0.15) is 0 Å². The zero-order chi connectivity index (χ0) is 14.3. The molecule has 2 aliphatic rings. The minimum Gasteiger partial charge on any atom is -0.493 e. The maximum absolute atomic E-state index is 9.90. The molecule has 2 saturated heterocycles. The Morgan fingerprint density at radius 1 is 1.10 bits per heavy atom. The quantitative estimate of drug-likeness (QED) is 0.825. The molecule has 110 valence electrons. The highest BCUT2D eigenvalue weighted by Crippen LogP contribution is 2.44. The lowest BCUT2D eigenvalue weighted by atomic mass is 9.98. The third-order valence-electron chi connectivity index (χ3n) is 4.52. The van der Waals surface area contributed by atoms with Crippen molar-refractivity contribution < 1.29 is 14.6 Å². The van der Waals surface area contributed by atoms with Gasteiger partial charge in [0, 0.05) is 24.2 Å². The lowest BCUT2D eigenvalue weighted by Crippen LogP contribution is -2.45. The van der Waals surface area contributed by atoms with Crippen LogP contribution >= 0.6 is 0 Å². The van der Waals surface area contributed by atoms with Gasteiger partial charge in [-0.1, -0.05) is 0 Å². The molecule has 2 heterocycles. The summed E-state index contributed by atoms with van der Waals surface area (Å²) in [4.78, 5) is 2.37. The lowest BCUT2D eigenvalue weighted by Gasteiger charge is -2.39. The number of rotatable bonds is 3. The second-order valence-corrected chi connectivity index (χ2v) is 5.68. The Morgan fingerprint density at radius 3 is 2.20 bits per heavy atom. The Morgan fingerprint density at radius 2 is 1.65 bits per heavy atom. The molecule has 20 heavy (non-hydrogen) atoms. The molecular formula is C15H22N2O3. The average molecular weight is 278 g/mol. The first-order valence-electron chi connectivity index (χ1n) is 7.12. The van der Waals surface area contributed by atoms with Crippen molar-refractivity contribution in [3.8, 4) is 11.5 Å². The maximum atomic E-state index is 9.90. The van der Waals surface area contributed by atoms with E-state index >= 15 is 0 Å². The van der Waals surface area contributed by atoms with Gasteiger partial charge in [-0.15, -0.1) is 0 Å². The number of aliphatic hydroxyl groups excluding tert-OH is 1. The second-order valence-electron chi connectivity index (χ2n) is 5.68. The Labute approximate surface area is 119 Å². The number of nitrogens with two attached hydrogens (primary N) is 1. The largest absolute Gasteiger partial charge is 0.493 e. The number of benzene rings is 1. The van der Waals surface area contributed by atoms with Crippen LogP contribution in [0.4, 0.5) is 11.4 Å². The number of nitrogen functional groups attached to an aromatic ring is 1. The van der Waals surface area contributed by atoms with E-state index in [4.69, 9.17) is 15.2 Å². The van der Waals surface area contributed by atoms with Gasteiger partial charge in [-0.3, -0.25) is 0 Å². The van der Waals surface area contributed by atoms with Crippen LogP contribution < -0.4 is 20.1 Å². The van der Waals surface area contributed by atoms with E-state index in [1.54, 1.807) is 14.2 Å². The normalized spacial score (nSPS) is 28.6. The number of ether oxygens (including phenoxy) is 2. The monoisotopic (exact) mass is 278 g/mol. The van der Waals surface area contributed by atoms with E-state index in [1.807, 2.05) is 12.1 Å². The number of piperidine rings is 1. The zero-order valence-electron chi connectivity index (χ0n) is 12.0. The third-order valence-corrected chi connectivity index (χ3v) is 4.52. The number of aliphatic hydroxyl groups is 1. The van der Waals surface area contributed by atoms with E-state index in [2.05, 4.69) is 4.90 Å². The number of hydrogen-bond acceptors (Lipinski definition) is 5. The fourth-order valence-electron chi connectivity index (χ4n) is 3.65. The van der Waals surface area contributed by atoms with Gasteiger partial charge in [-0.05, 0) is 25.7 Å². The van der Waals surface area contributed by atoms with Crippen LogP contribution in [0.15, 0.2) is 12.1 Å². The summed E-state index contributed by atoms with van der Waals surface area (Å²) in [5.41, 5.74) is 7.90. The first-order chi connectivity index (χ1) is 9.63. The lowest BCUT2D eigenvalue weighted by molar-refractivity contribution is 0.126. The van der Waals surface area contributed by atoms with Crippen molar-refractivity contribution >= 4 is 11.4 Å². The fraction of sp³-hybridized carbons (Fsp3) is 0.600. The molecule has 2 bridgehead atoms. The third kappa shape index (κ3) is 2.06. The number of methoxy groups -OCH3 is 2. The van der Waals surface area contributed by atoms with Crippen LogP contribution in [0.25, 0.3) is 0 Å². The molecular weight excluding hydrogens is 256 g/mol. The van der Waals surface area contributed by atoms with Gasteiger partial charge in [0.05, 0.1) is 31.7 Å². The van der Waals surface area contributed by atoms with Gasteiger partial charge in [0.25, 0.3) is 0 Å². The second kappa shape index (κ2) is 5.05. The van der Waals surface area contributed by atoms with Crippen molar-refractivity contribution in [2.45, 2.75) is 43.9 Å². The summed E-state index contributed by atoms with van der Waals surface area (Å²) in [6.07, 6.45) is 3.71. The molecule has 2 unspecified atom stereocenters. The smallest absolute Gasteiger partial charge is 0.162 e. The summed E-state index contributed by atoms with van der Waals surface area (Å²) in [5, 5.41) is 9.90. The van der Waals surface area contributed by atoms with Crippen LogP contribution in [-0.4, -0.2) is 37.5 Å². The van der Waals surface area contributed by atoms with E-state index in [0.29, 0.717) is 29.3 Å². The summed E-state index contributed by atoms with van der Waals surface area (Å²) in [6.45, 7) is 0. The molecule has 0 radical (unpaired) electrons. The predicted molar refractivity (Wildman–Crippen MR) is 78.5 cm³/mol. The molecule has 0 aliphatic carbocycles. The number of nitrogens with zero attached hydrogens (tertiary/aromatic N) is 1. The van der Waals surface area contributed by atoms with Gasteiger partial charge >= 0.3 is 0 Å². The molecule has 2 atom stereocenters.